The second kappa shape index (κ2) is 3.39. The molecule has 1 saturated heterocycles. The Kier molecular flexibility index (Phi) is 2.67. The Balaban J connectivity index is 2.04. The van der Waals surface area contributed by atoms with Gasteiger partial charge in [0.2, 0.25) is 0 Å². The van der Waals surface area contributed by atoms with Crippen LogP contribution < -0.4 is 0 Å². The third-order valence-electron chi connectivity index (χ3n) is 0.880. The Morgan fingerprint density at radius 3 is 3.57 bits per heavy atom. The van der Waals surface area contributed by atoms with E-state index in [1.807, 2.05) is 19.2 Å². The molecule has 39 valence electrons. The van der Waals surface area contributed by atoms with Crippen molar-refractivity contribution in [2.45, 2.75) is 12.7 Å². The summed E-state index contributed by atoms with van der Waals surface area (Å²) < 4.78 is 5.03. The normalized spacial score (nSPS) is 22.9. The summed E-state index contributed by atoms with van der Waals surface area (Å²) in [5, 5.41) is 0. The first-order valence-corrected chi connectivity index (χ1v) is 3.66. The Morgan fingerprint density at radius 1 is 1.57 bits per heavy atom. The van der Waals surface area contributed by atoms with E-state index in [1.54, 1.807) is 0 Å². The van der Waals surface area contributed by atoms with E-state index >= 15 is 0 Å². The molecule has 0 bridgehead atoms. The van der Waals surface area contributed by atoms with Crippen LogP contribution in [-0.4, -0.2) is 19.2 Å². The highest BCUT2D eigenvalue weighted by Gasteiger charge is 1.98. The summed E-state index contributed by atoms with van der Waals surface area (Å²) in [5.74, 6) is 2.12. The third kappa shape index (κ3) is 2.24. The van der Waals surface area contributed by atoms with Gasteiger partial charge in [0.05, 0.1) is 5.94 Å². The molecule has 0 spiro atoms. The predicted octanol–water partition coefficient (Wildman–Crippen LogP) is 1.13. The van der Waals surface area contributed by atoms with Gasteiger partial charge in [-0.05, 0) is 12.2 Å². The van der Waals surface area contributed by atoms with Crippen molar-refractivity contribution in [2.75, 3.05) is 11.7 Å². The van der Waals surface area contributed by atoms with Crippen LogP contribution in [0.3, 0.4) is 0 Å². The SMILES string of the molecule is [B]1CCCSCO1. The maximum Gasteiger partial charge on any atom is 0.293 e. The van der Waals surface area contributed by atoms with Gasteiger partial charge < -0.3 is 4.65 Å². The number of rotatable bonds is 0. The van der Waals surface area contributed by atoms with Gasteiger partial charge in [0.25, 0.3) is 7.48 Å². The smallest absolute Gasteiger partial charge is 0.293 e. The minimum Gasteiger partial charge on any atom is -0.432 e. The average Bonchev–Trinajstić information content (AvgIpc) is 1.90. The molecular weight excluding hydrogens is 107 g/mol. The van der Waals surface area contributed by atoms with Crippen LogP contribution in [0.1, 0.15) is 6.42 Å². The van der Waals surface area contributed by atoms with Crippen LogP contribution in [0.4, 0.5) is 0 Å². The number of hydrogen-bond donors (Lipinski definition) is 0. The minimum absolute atomic E-state index is 0.861. The van der Waals surface area contributed by atoms with E-state index in [9.17, 15) is 0 Å². The zero-order chi connectivity index (χ0) is 4.95. The summed E-state index contributed by atoms with van der Waals surface area (Å²) in [6.45, 7) is 0. The molecule has 1 heterocycles. The second-order valence-electron chi connectivity index (χ2n) is 1.50. The second-order valence-corrected chi connectivity index (χ2v) is 2.55. The first-order valence-electron chi connectivity index (χ1n) is 2.51. The van der Waals surface area contributed by atoms with Crippen molar-refractivity contribution in [3.63, 3.8) is 0 Å². The molecule has 0 N–H and O–H groups in total. The largest absolute Gasteiger partial charge is 0.432 e. The van der Waals surface area contributed by atoms with Crippen molar-refractivity contribution in [1.29, 1.82) is 0 Å². The van der Waals surface area contributed by atoms with E-state index in [2.05, 4.69) is 0 Å². The van der Waals surface area contributed by atoms with Crippen LogP contribution >= 0.6 is 11.8 Å². The molecule has 0 aromatic heterocycles. The van der Waals surface area contributed by atoms with E-state index in [-0.39, 0.29) is 0 Å². The highest BCUT2D eigenvalue weighted by Crippen LogP contribution is 2.08. The molecule has 0 unspecified atom stereocenters. The monoisotopic (exact) mass is 115 g/mol. The van der Waals surface area contributed by atoms with Gasteiger partial charge >= 0.3 is 0 Å². The number of thioether (sulfide) groups is 1. The van der Waals surface area contributed by atoms with Gasteiger partial charge in [-0.2, -0.15) is 0 Å². The van der Waals surface area contributed by atoms with Gasteiger partial charge in [-0.1, -0.05) is 6.32 Å². The van der Waals surface area contributed by atoms with Gasteiger partial charge in [0.15, 0.2) is 0 Å². The van der Waals surface area contributed by atoms with Crippen LogP contribution in [-0.2, 0) is 4.65 Å². The molecule has 0 atom stereocenters. The van der Waals surface area contributed by atoms with Crippen molar-refractivity contribution in [1.82, 2.24) is 0 Å². The molecule has 0 aromatic rings. The van der Waals surface area contributed by atoms with E-state index in [0.717, 1.165) is 12.3 Å². The summed E-state index contributed by atoms with van der Waals surface area (Å²) in [6, 6.07) is 0. The first kappa shape index (κ1) is 5.51. The summed E-state index contributed by atoms with van der Waals surface area (Å²) in [6.07, 6.45) is 2.41. The molecule has 0 aliphatic carbocycles. The molecule has 1 radical (unpaired) electrons. The van der Waals surface area contributed by atoms with Crippen LogP contribution in [0.15, 0.2) is 0 Å². The van der Waals surface area contributed by atoms with Gasteiger partial charge in [0, 0.05) is 0 Å². The molecule has 1 aliphatic heterocycles. The van der Waals surface area contributed by atoms with E-state index in [1.165, 1.54) is 12.2 Å². The summed E-state index contributed by atoms with van der Waals surface area (Å²) in [7, 11) is 1.90. The minimum atomic E-state index is 0.861. The summed E-state index contributed by atoms with van der Waals surface area (Å²) in [4.78, 5) is 0. The molecule has 0 amide bonds. The summed E-state index contributed by atoms with van der Waals surface area (Å²) in [5.41, 5.74) is 0. The average molecular weight is 115 g/mol. The zero-order valence-corrected chi connectivity index (χ0v) is 5.04. The lowest BCUT2D eigenvalue weighted by Gasteiger charge is -1.90. The highest BCUT2D eigenvalue weighted by molar-refractivity contribution is 7.99. The van der Waals surface area contributed by atoms with Crippen molar-refractivity contribution in [2.24, 2.45) is 0 Å². The Hall–Kier alpha value is 0.375. The maximum absolute atomic E-state index is 5.03. The van der Waals surface area contributed by atoms with Crippen molar-refractivity contribution in [3.8, 4) is 0 Å². The van der Waals surface area contributed by atoms with E-state index < -0.39 is 0 Å². The molecule has 1 rings (SSSR count). The third-order valence-corrected chi connectivity index (χ3v) is 1.76. The summed E-state index contributed by atoms with van der Waals surface area (Å²) >= 11 is 1.86. The fourth-order valence-electron chi connectivity index (χ4n) is 0.507. The molecular formula is C4H8BOS. The first-order chi connectivity index (χ1) is 3.50. The van der Waals surface area contributed by atoms with Gasteiger partial charge in [0.1, 0.15) is 0 Å². The number of hydrogen-bond acceptors (Lipinski definition) is 2. The topological polar surface area (TPSA) is 9.23 Å². The maximum atomic E-state index is 5.03. The van der Waals surface area contributed by atoms with E-state index in [0.29, 0.717) is 0 Å². The molecule has 1 nitrogen and oxygen atoms in total. The van der Waals surface area contributed by atoms with Crippen molar-refractivity contribution >= 4 is 19.2 Å². The Morgan fingerprint density at radius 2 is 2.57 bits per heavy atom. The van der Waals surface area contributed by atoms with Crippen LogP contribution in [0.2, 0.25) is 6.32 Å². The zero-order valence-electron chi connectivity index (χ0n) is 4.22. The van der Waals surface area contributed by atoms with Crippen LogP contribution in [0.25, 0.3) is 0 Å². The highest BCUT2D eigenvalue weighted by atomic mass is 32.2. The standard InChI is InChI=1S/C4H8BOS/c1-2-5-6-4-7-3-1/h1-4H2. The van der Waals surface area contributed by atoms with Crippen molar-refractivity contribution < 1.29 is 4.65 Å². The lowest BCUT2D eigenvalue weighted by Crippen LogP contribution is -1.91. The van der Waals surface area contributed by atoms with Crippen LogP contribution in [0.5, 0.6) is 0 Å². The fraction of sp³-hybridized carbons (Fsp3) is 1.00. The Labute approximate surface area is 49.1 Å². The molecule has 3 heteroatoms. The fourth-order valence-corrected chi connectivity index (χ4v) is 1.19. The van der Waals surface area contributed by atoms with Gasteiger partial charge in [-0.3, -0.25) is 0 Å². The Bertz CT molecular complexity index is 31.3. The molecule has 1 aliphatic rings. The molecule has 0 saturated carbocycles. The van der Waals surface area contributed by atoms with Crippen LogP contribution in [0, 0.1) is 0 Å². The lowest BCUT2D eigenvalue weighted by molar-refractivity contribution is 0.420. The molecule has 0 aromatic carbocycles. The van der Waals surface area contributed by atoms with Gasteiger partial charge in [-0.25, -0.2) is 0 Å². The quantitative estimate of drug-likeness (QED) is 0.437. The predicted molar refractivity (Wildman–Crippen MR) is 33.6 cm³/mol. The molecule has 7 heavy (non-hydrogen) atoms. The van der Waals surface area contributed by atoms with Gasteiger partial charge in [-0.15, -0.1) is 11.8 Å². The lowest BCUT2D eigenvalue weighted by atomic mass is 9.94. The van der Waals surface area contributed by atoms with E-state index in [4.69, 9.17) is 4.65 Å². The molecule has 1 fully saturated rings. The van der Waals surface area contributed by atoms with Crippen molar-refractivity contribution in [3.05, 3.63) is 0 Å².